The summed E-state index contributed by atoms with van der Waals surface area (Å²) in [6.45, 7) is 5.60. The molecule has 0 spiro atoms. The van der Waals surface area contributed by atoms with Crippen LogP contribution in [-0.2, 0) is 4.74 Å². The number of amides is 2. The second kappa shape index (κ2) is 9.25. The molecule has 2 amide bonds. The molecule has 0 radical (unpaired) electrons. The Morgan fingerprint density at radius 1 is 1.26 bits per heavy atom. The molecular formula is C17H27N3O3. The van der Waals surface area contributed by atoms with E-state index < -0.39 is 0 Å². The van der Waals surface area contributed by atoms with Gasteiger partial charge < -0.3 is 25.0 Å². The summed E-state index contributed by atoms with van der Waals surface area (Å²) in [6.07, 6.45) is 1.90. The van der Waals surface area contributed by atoms with Crippen LogP contribution in [0.25, 0.3) is 0 Å². The molecule has 23 heavy (non-hydrogen) atoms. The van der Waals surface area contributed by atoms with E-state index in [0.717, 1.165) is 31.7 Å². The summed E-state index contributed by atoms with van der Waals surface area (Å²) in [5.74, 6) is 0.869. The third-order valence-electron chi connectivity index (χ3n) is 4.00. The monoisotopic (exact) mass is 321 g/mol. The van der Waals surface area contributed by atoms with Crippen molar-refractivity contribution in [2.24, 2.45) is 0 Å². The molecule has 0 aliphatic carbocycles. The summed E-state index contributed by atoms with van der Waals surface area (Å²) in [5, 5.41) is 5.85. The van der Waals surface area contributed by atoms with Crippen molar-refractivity contribution in [3.63, 3.8) is 0 Å². The first-order chi connectivity index (χ1) is 11.2. The maximum atomic E-state index is 11.8. The van der Waals surface area contributed by atoms with Gasteiger partial charge in [0, 0.05) is 38.0 Å². The smallest absolute Gasteiger partial charge is 0.315 e. The van der Waals surface area contributed by atoms with E-state index in [-0.39, 0.29) is 12.1 Å². The molecule has 2 rings (SSSR count). The number of urea groups is 1. The number of hydrogen-bond donors (Lipinski definition) is 2. The molecule has 0 bridgehead atoms. The van der Waals surface area contributed by atoms with Crippen LogP contribution in [0.15, 0.2) is 24.3 Å². The molecule has 6 heteroatoms. The highest BCUT2D eigenvalue weighted by Gasteiger charge is 2.20. The predicted octanol–water partition coefficient (Wildman–Crippen LogP) is 2.00. The van der Waals surface area contributed by atoms with Crippen LogP contribution in [0.5, 0.6) is 5.75 Å². The minimum absolute atomic E-state index is 0.104. The molecule has 2 N–H and O–H groups in total. The topological polar surface area (TPSA) is 62.8 Å². The second-order valence-electron chi connectivity index (χ2n) is 5.56. The van der Waals surface area contributed by atoms with E-state index in [4.69, 9.17) is 9.47 Å². The zero-order chi connectivity index (χ0) is 16.5. The minimum atomic E-state index is -0.104. The Bertz CT molecular complexity index is 470. The van der Waals surface area contributed by atoms with Crippen molar-refractivity contribution in [3.8, 4) is 5.75 Å². The minimum Gasteiger partial charge on any atom is -0.497 e. The van der Waals surface area contributed by atoms with E-state index >= 15 is 0 Å². The van der Waals surface area contributed by atoms with E-state index in [1.54, 1.807) is 7.11 Å². The Kier molecular flexibility index (Phi) is 7.00. The number of anilines is 1. The van der Waals surface area contributed by atoms with Gasteiger partial charge in [0.1, 0.15) is 5.75 Å². The number of ether oxygens (including phenoxy) is 2. The van der Waals surface area contributed by atoms with Crippen molar-refractivity contribution >= 4 is 11.7 Å². The Hall–Kier alpha value is -1.95. The number of carbonyl (C=O) groups excluding carboxylic acids is 1. The number of carbonyl (C=O) groups is 1. The number of nitrogens with one attached hydrogen (secondary N) is 2. The van der Waals surface area contributed by atoms with Crippen molar-refractivity contribution < 1.29 is 14.3 Å². The Labute approximate surface area is 138 Å². The molecule has 1 saturated heterocycles. The van der Waals surface area contributed by atoms with Gasteiger partial charge in [0.05, 0.1) is 13.7 Å². The summed E-state index contributed by atoms with van der Waals surface area (Å²) in [6, 6.07) is 8.24. The van der Waals surface area contributed by atoms with Crippen molar-refractivity contribution in [2.45, 2.75) is 25.8 Å². The maximum absolute atomic E-state index is 11.8. The predicted molar refractivity (Wildman–Crippen MR) is 91.3 cm³/mol. The number of hydrogen-bond acceptors (Lipinski definition) is 4. The zero-order valence-electron chi connectivity index (χ0n) is 14.0. The summed E-state index contributed by atoms with van der Waals surface area (Å²) in [4.78, 5) is 14.1. The summed E-state index contributed by atoms with van der Waals surface area (Å²) in [7, 11) is 1.67. The SMILES string of the molecule is CCOCCNC(=O)NC1CCN(c2ccc(OC)cc2)CC1. The molecule has 1 heterocycles. The largest absolute Gasteiger partial charge is 0.497 e. The maximum Gasteiger partial charge on any atom is 0.315 e. The first kappa shape index (κ1) is 17.4. The van der Waals surface area contributed by atoms with Gasteiger partial charge in [0.25, 0.3) is 0 Å². The molecule has 1 fully saturated rings. The summed E-state index contributed by atoms with van der Waals surface area (Å²) in [5.41, 5.74) is 1.20. The van der Waals surface area contributed by atoms with Crippen LogP contribution >= 0.6 is 0 Å². The van der Waals surface area contributed by atoms with Crippen molar-refractivity contribution in [2.75, 3.05) is 44.9 Å². The fraction of sp³-hybridized carbons (Fsp3) is 0.588. The van der Waals surface area contributed by atoms with Crippen LogP contribution in [0.4, 0.5) is 10.5 Å². The standard InChI is InChI=1S/C17H27N3O3/c1-3-23-13-10-18-17(21)19-14-8-11-20(12-9-14)15-4-6-16(22-2)7-5-15/h4-7,14H,3,8-13H2,1-2H3,(H2,18,19,21). The second-order valence-corrected chi connectivity index (χ2v) is 5.56. The highest BCUT2D eigenvalue weighted by molar-refractivity contribution is 5.74. The third kappa shape index (κ3) is 5.63. The van der Waals surface area contributed by atoms with Gasteiger partial charge in [-0.25, -0.2) is 4.79 Å². The van der Waals surface area contributed by atoms with Gasteiger partial charge in [-0.1, -0.05) is 0 Å². The molecule has 128 valence electrons. The van der Waals surface area contributed by atoms with Crippen LogP contribution in [-0.4, -0.2) is 52.0 Å². The van der Waals surface area contributed by atoms with Gasteiger partial charge in [-0.05, 0) is 44.0 Å². The average Bonchev–Trinajstić information content (AvgIpc) is 2.59. The lowest BCUT2D eigenvalue weighted by Gasteiger charge is -2.34. The molecule has 1 aliphatic heterocycles. The molecule has 0 atom stereocenters. The molecule has 1 aromatic carbocycles. The van der Waals surface area contributed by atoms with Crippen LogP contribution < -0.4 is 20.3 Å². The quantitative estimate of drug-likeness (QED) is 0.754. The lowest BCUT2D eigenvalue weighted by Crippen LogP contribution is -2.48. The fourth-order valence-electron chi connectivity index (χ4n) is 2.69. The summed E-state index contributed by atoms with van der Waals surface area (Å²) < 4.78 is 10.4. The molecular weight excluding hydrogens is 294 g/mol. The van der Waals surface area contributed by atoms with Gasteiger partial charge in [0.2, 0.25) is 0 Å². The fourth-order valence-corrected chi connectivity index (χ4v) is 2.69. The molecule has 1 aromatic rings. The van der Waals surface area contributed by atoms with Crippen molar-refractivity contribution in [1.29, 1.82) is 0 Å². The molecule has 6 nitrogen and oxygen atoms in total. The molecule has 0 saturated carbocycles. The van der Waals surface area contributed by atoms with E-state index in [1.165, 1.54) is 5.69 Å². The van der Waals surface area contributed by atoms with Crippen LogP contribution in [0.1, 0.15) is 19.8 Å². The van der Waals surface area contributed by atoms with E-state index in [0.29, 0.717) is 19.8 Å². The Morgan fingerprint density at radius 2 is 1.96 bits per heavy atom. The lowest BCUT2D eigenvalue weighted by atomic mass is 10.0. The van der Waals surface area contributed by atoms with Gasteiger partial charge in [-0.15, -0.1) is 0 Å². The number of methoxy groups -OCH3 is 1. The van der Waals surface area contributed by atoms with E-state index in [9.17, 15) is 4.79 Å². The first-order valence-electron chi connectivity index (χ1n) is 8.24. The summed E-state index contributed by atoms with van der Waals surface area (Å²) >= 11 is 0. The van der Waals surface area contributed by atoms with Crippen LogP contribution in [0.2, 0.25) is 0 Å². The van der Waals surface area contributed by atoms with Crippen LogP contribution in [0, 0.1) is 0 Å². The first-order valence-corrected chi connectivity index (χ1v) is 8.24. The Morgan fingerprint density at radius 3 is 2.57 bits per heavy atom. The van der Waals surface area contributed by atoms with Gasteiger partial charge >= 0.3 is 6.03 Å². The number of rotatable bonds is 7. The highest BCUT2D eigenvalue weighted by atomic mass is 16.5. The number of nitrogens with zero attached hydrogens (tertiary/aromatic N) is 1. The average molecular weight is 321 g/mol. The lowest BCUT2D eigenvalue weighted by molar-refractivity contribution is 0.149. The normalized spacial score (nSPS) is 15.3. The zero-order valence-corrected chi connectivity index (χ0v) is 14.0. The third-order valence-corrected chi connectivity index (χ3v) is 4.00. The highest BCUT2D eigenvalue weighted by Crippen LogP contribution is 2.22. The number of benzene rings is 1. The van der Waals surface area contributed by atoms with Gasteiger partial charge in [-0.2, -0.15) is 0 Å². The van der Waals surface area contributed by atoms with Crippen LogP contribution in [0.3, 0.4) is 0 Å². The molecule has 0 aromatic heterocycles. The molecule has 0 unspecified atom stereocenters. The van der Waals surface area contributed by atoms with E-state index in [2.05, 4.69) is 27.7 Å². The van der Waals surface area contributed by atoms with Gasteiger partial charge in [-0.3, -0.25) is 0 Å². The van der Waals surface area contributed by atoms with E-state index in [1.807, 2.05) is 19.1 Å². The van der Waals surface area contributed by atoms with Crippen molar-refractivity contribution in [1.82, 2.24) is 10.6 Å². The van der Waals surface area contributed by atoms with Gasteiger partial charge in [0.15, 0.2) is 0 Å². The number of piperidine rings is 1. The Balaban J connectivity index is 1.69. The van der Waals surface area contributed by atoms with Crippen molar-refractivity contribution in [3.05, 3.63) is 24.3 Å². The molecule has 1 aliphatic rings.